The van der Waals surface area contributed by atoms with Crippen molar-refractivity contribution in [3.8, 4) is 0 Å². The minimum Gasteiger partial charge on any atom is -0.406 e. The highest BCUT2D eigenvalue weighted by atomic mass is 35.5. The molecule has 6 heteroatoms. The van der Waals surface area contributed by atoms with E-state index in [1.54, 1.807) is 0 Å². The number of thioether (sulfide) groups is 1. The van der Waals surface area contributed by atoms with Crippen molar-refractivity contribution >= 4 is 29.4 Å². The zero-order chi connectivity index (χ0) is 12.3. The topological polar surface area (TPSA) is 51.0 Å². The van der Waals surface area contributed by atoms with Crippen LogP contribution in [0.4, 0.5) is 6.01 Å². The molecule has 96 valence electrons. The van der Waals surface area contributed by atoms with Crippen LogP contribution < -0.4 is 5.32 Å². The van der Waals surface area contributed by atoms with E-state index in [-0.39, 0.29) is 5.38 Å². The predicted molar refractivity (Wildman–Crippen MR) is 71.7 cm³/mol. The van der Waals surface area contributed by atoms with Gasteiger partial charge in [0.15, 0.2) is 0 Å². The Labute approximate surface area is 111 Å². The fourth-order valence-electron chi connectivity index (χ4n) is 2.16. The van der Waals surface area contributed by atoms with Gasteiger partial charge >= 0.3 is 6.01 Å². The second-order valence-corrected chi connectivity index (χ2v) is 6.10. The van der Waals surface area contributed by atoms with Gasteiger partial charge in [-0.3, -0.25) is 0 Å². The Bertz CT molecular complexity index is 358. The summed E-state index contributed by atoms with van der Waals surface area (Å²) < 4.78 is 5.47. The molecule has 3 unspecified atom stereocenters. The van der Waals surface area contributed by atoms with Crippen LogP contribution >= 0.6 is 23.4 Å². The molecule has 0 aromatic carbocycles. The summed E-state index contributed by atoms with van der Waals surface area (Å²) >= 11 is 7.79. The van der Waals surface area contributed by atoms with Crippen LogP contribution in [-0.2, 0) is 0 Å². The van der Waals surface area contributed by atoms with Gasteiger partial charge in [0.05, 0.1) is 0 Å². The van der Waals surface area contributed by atoms with Crippen LogP contribution in [0, 0.1) is 0 Å². The zero-order valence-electron chi connectivity index (χ0n) is 10.1. The number of alkyl halides is 1. The van der Waals surface area contributed by atoms with Gasteiger partial charge in [-0.05, 0) is 26.0 Å². The smallest absolute Gasteiger partial charge is 0.315 e. The van der Waals surface area contributed by atoms with Crippen molar-refractivity contribution in [1.82, 2.24) is 10.2 Å². The average Bonchev–Trinajstić information content (AvgIpc) is 2.78. The SMILES string of the molecule is CSC1CCCCC1Nc1nnc(C(C)Cl)o1. The Hall–Kier alpha value is -0.420. The molecule has 0 aliphatic heterocycles. The third kappa shape index (κ3) is 3.28. The molecule has 1 aromatic heterocycles. The average molecular weight is 276 g/mol. The second-order valence-electron chi connectivity index (χ2n) is 4.37. The minimum atomic E-state index is -0.235. The van der Waals surface area contributed by atoms with E-state index in [0.29, 0.717) is 23.2 Å². The standard InChI is InChI=1S/C11H18ClN3OS/c1-7(12)10-14-15-11(16-10)13-8-5-3-4-6-9(8)17-2/h7-9H,3-6H2,1-2H3,(H,13,15). The highest BCUT2D eigenvalue weighted by molar-refractivity contribution is 7.99. The molecule has 1 heterocycles. The van der Waals surface area contributed by atoms with Crippen molar-refractivity contribution in [2.24, 2.45) is 0 Å². The molecule has 2 rings (SSSR count). The molecule has 0 saturated heterocycles. The van der Waals surface area contributed by atoms with Crippen LogP contribution in [0.15, 0.2) is 4.42 Å². The summed E-state index contributed by atoms with van der Waals surface area (Å²) in [4.78, 5) is 0. The van der Waals surface area contributed by atoms with Gasteiger partial charge in [0.2, 0.25) is 5.89 Å². The number of nitrogens with zero attached hydrogens (tertiary/aromatic N) is 2. The van der Waals surface area contributed by atoms with Crippen molar-refractivity contribution < 1.29 is 4.42 Å². The maximum absolute atomic E-state index is 5.89. The van der Waals surface area contributed by atoms with Crippen LogP contribution in [0.5, 0.6) is 0 Å². The summed E-state index contributed by atoms with van der Waals surface area (Å²) in [7, 11) is 0. The largest absolute Gasteiger partial charge is 0.406 e. The maximum atomic E-state index is 5.89. The van der Waals surface area contributed by atoms with E-state index in [0.717, 1.165) is 0 Å². The van der Waals surface area contributed by atoms with E-state index in [2.05, 4.69) is 21.8 Å². The third-order valence-corrected chi connectivity index (χ3v) is 4.45. The second kappa shape index (κ2) is 5.96. The molecule has 1 fully saturated rings. The first kappa shape index (κ1) is 13.0. The number of hydrogen-bond donors (Lipinski definition) is 1. The number of hydrogen-bond acceptors (Lipinski definition) is 5. The van der Waals surface area contributed by atoms with E-state index in [4.69, 9.17) is 16.0 Å². The van der Waals surface area contributed by atoms with Crippen molar-refractivity contribution in [1.29, 1.82) is 0 Å². The molecule has 1 saturated carbocycles. The van der Waals surface area contributed by atoms with Crippen LogP contribution in [-0.4, -0.2) is 27.7 Å². The van der Waals surface area contributed by atoms with Crippen LogP contribution in [0.2, 0.25) is 0 Å². The van der Waals surface area contributed by atoms with Gasteiger partial charge in [-0.25, -0.2) is 0 Å². The van der Waals surface area contributed by atoms with E-state index in [1.165, 1.54) is 25.7 Å². The molecule has 1 aliphatic carbocycles. The maximum Gasteiger partial charge on any atom is 0.315 e. The highest BCUT2D eigenvalue weighted by Gasteiger charge is 2.25. The van der Waals surface area contributed by atoms with Gasteiger partial charge in [0, 0.05) is 11.3 Å². The van der Waals surface area contributed by atoms with Gasteiger partial charge in [-0.15, -0.1) is 16.7 Å². The van der Waals surface area contributed by atoms with Gasteiger partial charge in [-0.1, -0.05) is 17.9 Å². The molecule has 0 bridgehead atoms. The van der Waals surface area contributed by atoms with Crippen molar-refractivity contribution in [2.75, 3.05) is 11.6 Å². The molecular weight excluding hydrogens is 258 g/mol. The fraction of sp³-hybridized carbons (Fsp3) is 0.818. The Morgan fingerprint density at radius 3 is 2.82 bits per heavy atom. The van der Waals surface area contributed by atoms with Gasteiger partial charge in [-0.2, -0.15) is 11.8 Å². The first-order valence-electron chi connectivity index (χ1n) is 5.97. The molecule has 0 amide bonds. The molecule has 0 spiro atoms. The van der Waals surface area contributed by atoms with E-state index in [9.17, 15) is 0 Å². The fourth-order valence-corrected chi connectivity index (χ4v) is 3.18. The van der Waals surface area contributed by atoms with E-state index in [1.807, 2.05) is 18.7 Å². The van der Waals surface area contributed by atoms with Crippen molar-refractivity contribution in [3.63, 3.8) is 0 Å². The van der Waals surface area contributed by atoms with Crippen LogP contribution in [0.3, 0.4) is 0 Å². The highest BCUT2D eigenvalue weighted by Crippen LogP contribution is 2.29. The van der Waals surface area contributed by atoms with Gasteiger partial charge < -0.3 is 9.73 Å². The lowest BCUT2D eigenvalue weighted by molar-refractivity contribution is 0.450. The van der Waals surface area contributed by atoms with E-state index >= 15 is 0 Å². The third-order valence-electron chi connectivity index (χ3n) is 3.10. The van der Waals surface area contributed by atoms with Gasteiger partial charge in [0.1, 0.15) is 5.38 Å². The number of halogens is 1. The van der Waals surface area contributed by atoms with Crippen molar-refractivity contribution in [2.45, 2.75) is 49.3 Å². The predicted octanol–water partition coefficient (Wildman–Crippen LogP) is 3.46. The molecular formula is C11H18ClN3OS. The zero-order valence-corrected chi connectivity index (χ0v) is 11.7. The number of nitrogens with one attached hydrogen (secondary N) is 1. The monoisotopic (exact) mass is 275 g/mol. The van der Waals surface area contributed by atoms with Gasteiger partial charge in [0.25, 0.3) is 0 Å². The Kier molecular flexibility index (Phi) is 4.56. The Balaban J connectivity index is 1.98. The first-order chi connectivity index (χ1) is 8.20. The lowest BCUT2D eigenvalue weighted by atomic mass is 9.95. The summed E-state index contributed by atoms with van der Waals surface area (Å²) in [5.74, 6) is 0.477. The summed E-state index contributed by atoms with van der Waals surface area (Å²) in [6, 6.07) is 0.927. The summed E-state index contributed by atoms with van der Waals surface area (Å²) in [5, 5.41) is 11.6. The molecule has 1 aliphatic rings. The number of rotatable bonds is 4. The molecule has 3 atom stereocenters. The minimum absolute atomic E-state index is 0.235. The van der Waals surface area contributed by atoms with Crippen LogP contribution in [0.1, 0.15) is 43.9 Å². The molecule has 1 aromatic rings. The summed E-state index contributed by atoms with van der Waals surface area (Å²) in [6.45, 7) is 1.82. The summed E-state index contributed by atoms with van der Waals surface area (Å²) in [6.07, 6.45) is 7.16. The van der Waals surface area contributed by atoms with Crippen LogP contribution in [0.25, 0.3) is 0 Å². The van der Waals surface area contributed by atoms with Crippen molar-refractivity contribution in [3.05, 3.63) is 5.89 Å². The summed E-state index contributed by atoms with van der Waals surface area (Å²) in [5.41, 5.74) is 0. The Morgan fingerprint density at radius 1 is 1.41 bits per heavy atom. The molecule has 0 radical (unpaired) electrons. The molecule has 17 heavy (non-hydrogen) atoms. The van der Waals surface area contributed by atoms with E-state index < -0.39 is 0 Å². The molecule has 1 N–H and O–H groups in total. The quantitative estimate of drug-likeness (QED) is 0.853. The normalized spacial score (nSPS) is 26.8. The lowest BCUT2D eigenvalue weighted by Gasteiger charge is -2.30. The number of aromatic nitrogens is 2. The first-order valence-corrected chi connectivity index (χ1v) is 7.70. The lowest BCUT2D eigenvalue weighted by Crippen LogP contribution is -2.34. The Morgan fingerprint density at radius 2 is 2.18 bits per heavy atom. The molecule has 4 nitrogen and oxygen atoms in total. The number of anilines is 1.